The number of carbonyl (C=O) groups excluding carboxylic acids is 1. The van der Waals surface area contributed by atoms with Crippen LogP contribution < -0.4 is 10.2 Å². The van der Waals surface area contributed by atoms with Crippen molar-refractivity contribution in [3.8, 4) is 0 Å². The van der Waals surface area contributed by atoms with Crippen molar-refractivity contribution in [3.63, 3.8) is 0 Å². The van der Waals surface area contributed by atoms with Crippen molar-refractivity contribution < 1.29 is 4.79 Å². The monoisotopic (exact) mass is 268 g/mol. The van der Waals surface area contributed by atoms with Gasteiger partial charge in [-0.3, -0.25) is 4.90 Å². The van der Waals surface area contributed by atoms with Crippen LogP contribution in [0.1, 0.15) is 18.1 Å². The minimum Gasteiger partial charge on any atom is -0.307 e. The maximum absolute atomic E-state index is 12.4. The van der Waals surface area contributed by atoms with Crippen molar-refractivity contribution >= 4 is 17.4 Å². The van der Waals surface area contributed by atoms with Gasteiger partial charge in [-0.15, -0.1) is 0 Å². The summed E-state index contributed by atoms with van der Waals surface area (Å²) in [5.41, 5.74) is 3.96. The predicted octanol–water partition coefficient (Wildman–Crippen LogP) is 4.36. The summed E-state index contributed by atoms with van der Waals surface area (Å²) in [6.45, 7) is 6.61. The average molecular weight is 268 g/mol. The number of carbonyl (C=O) groups is 1. The van der Waals surface area contributed by atoms with Gasteiger partial charge in [0.25, 0.3) is 0 Å². The van der Waals surface area contributed by atoms with E-state index in [2.05, 4.69) is 5.32 Å². The molecule has 0 spiro atoms. The van der Waals surface area contributed by atoms with Gasteiger partial charge in [0.2, 0.25) is 0 Å². The summed E-state index contributed by atoms with van der Waals surface area (Å²) >= 11 is 0. The normalized spacial score (nSPS) is 10.2. The van der Waals surface area contributed by atoms with E-state index in [1.807, 2.05) is 69.3 Å². The number of nitrogens with one attached hydrogen (secondary N) is 1. The number of aryl methyl sites for hydroxylation is 2. The highest BCUT2D eigenvalue weighted by Gasteiger charge is 2.14. The Morgan fingerprint density at radius 1 is 1.10 bits per heavy atom. The third-order valence-electron chi connectivity index (χ3n) is 3.26. The summed E-state index contributed by atoms with van der Waals surface area (Å²) in [6.07, 6.45) is 0. The average Bonchev–Trinajstić information content (AvgIpc) is 2.45. The molecule has 0 heterocycles. The molecule has 0 fully saturated rings. The molecule has 2 aromatic carbocycles. The van der Waals surface area contributed by atoms with Crippen LogP contribution in [-0.2, 0) is 0 Å². The van der Waals surface area contributed by atoms with Crippen LogP contribution in [0.3, 0.4) is 0 Å². The Kier molecular flexibility index (Phi) is 4.41. The van der Waals surface area contributed by atoms with Gasteiger partial charge in [0.1, 0.15) is 0 Å². The van der Waals surface area contributed by atoms with Crippen molar-refractivity contribution in [1.82, 2.24) is 0 Å². The second-order valence-electron chi connectivity index (χ2n) is 4.83. The van der Waals surface area contributed by atoms with Crippen LogP contribution in [-0.4, -0.2) is 12.6 Å². The van der Waals surface area contributed by atoms with Gasteiger partial charge in [-0.1, -0.05) is 30.3 Å². The number of anilines is 2. The van der Waals surface area contributed by atoms with E-state index in [1.54, 1.807) is 4.90 Å². The minimum absolute atomic E-state index is 0.104. The topological polar surface area (TPSA) is 32.3 Å². The molecule has 2 aromatic rings. The second-order valence-corrected chi connectivity index (χ2v) is 4.83. The lowest BCUT2D eigenvalue weighted by atomic mass is 10.1. The number of benzene rings is 2. The van der Waals surface area contributed by atoms with Crippen LogP contribution in [0.4, 0.5) is 16.2 Å². The lowest BCUT2D eigenvalue weighted by Crippen LogP contribution is -2.34. The van der Waals surface area contributed by atoms with Crippen molar-refractivity contribution in [1.29, 1.82) is 0 Å². The molecule has 2 amide bonds. The molecule has 0 saturated heterocycles. The first-order chi connectivity index (χ1) is 9.61. The molecule has 2 rings (SSSR count). The highest BCUT2D eigenvalue weighted by Crippen LogP contribution is 2.19. The van der Waals surface area contributed by atoms with Gasteiger partial charge in [0, 0.05) is 17.9 Å². The zero-order valence-corrected chi connectivity index (χ0v) is 12.2. The van der Waals surface area contributed by atoms with E-state index in [-0.39, 0.29) is 6.03 Å². The summed E-state index contributed by atoms with van der Waals surface area (Å²) in [4.78, 5) is 14.1. The number of hydrogen-bond acceptors (Lipinski definition) is 1. The fourth-order valence-corrected chi connectivity index (χ4v) is 2.10. The maximum atomic E-state index is 12.4. The molecular weight excluding hydrogens is 248 g/mol. The van der Waals surface area contributed by atoms with E-state index in [9.17, 15) is 4.79 Å². The van der Waals surface area contributed by atoms with E-state index < -0.39 is 0 Å². The van der Waals surface area contributed by atoms with Crippen molar-refractivity contribution in [3.05, 3.63) is 59.7 Å². The molecule has 0 aliphatic rings. The molecule has 0 bridgehead atoms. The minimum atomic E-state index is -0.104. The Labute approximate surface area is 120 Å². The number of urea groups is 1. The number of rotatable bonds is 3. The summed E-state index contributed by atoms with van der Waals surface area (Å²) in [5.74, 6) is 0. The zero-order valence-electron chi connectivity index (χ0n) is 12.2. The molecule has 0 atom stereocenters. The highest BCUT2D eigenvalue weighted by molar-refractivity contribution is 6.02. The van der Waals surface area contributed by atoms with Crippen molar-refractivity contribution in [2.24, 2.45) is 0 Å². The Morgan fingerprint density at radius 2 is 1.80 bits per heavy atom. The van der Waals surface area contributed by atoms with E-state index in [0.29, 0.717) is 6.54 Å². The number of para-hydroxylation sites is 1. The van der Waals surface area contributed by atoms with Crippen LogP contribution in [0.15, 0.2) is 48.5 Å². The molecule has 0 saturated carbocycles. The van der Waals surface area contributed by atoms with Gasteiger partial charge >= 0.3 is 6.03 Å². The molecule has 0 aliphatic heterocycles. The molecule has 0 aromatic heterocycles. The fraction of sp³-hybridized carbons (Fsp3) is 0.235. The Bertz CT molecular complexity index is 593. The molecule has 3 heteroatoms. The largest absolute Gasteiger partial charge is 0.326 e. The molecule has 3 nitrogen and oxygen atoms in total. The van der Waals surface area contributed by atoms with E-state index in [1.165, 1.54) is 0 Å². The zero-order chi connectivity index (χ0) is 14.5. The fourth-order valence-electron chi connectivity index (χ4n) is 2.10. The van der Waals surface area contributed by atoms with Gasteiger partial charge in [0.15, 0.2) is 0 Å². The van der Waals surface area contributed by atoms with Gasteiger partial charge in [-0.05, 0) is 50.1 Å². The third-order valence-corrected chi connectivity index (χ3v) is 3.26. The molecule has 20 heavy (non-hydrogen) atoms. The molecular formula is C17H20N2O. The smallest absolute Gasteiger partial charge is 0.307 e. The van der Waals surface area contributed by atoms with Gasteiger partial charge in [0.05, 0.1) is 0 Å². The molecule has 0 unspecified atom stereocenters. The quantitative estimate of drug-likeness (QED) is 0.881. The summed E-state index contributed by atoms with van der Waals surface area (Å²) in [6, 6.07) is 15.6. The van der Waals surface area contributed by atoms with Crippen LogP contribution in [0.2, 0.25) is 0 Å². The third kappa shape index (κ3) is 3.18. The van der Waals surface area contributed by atoms with Gasteiger partial charge < -0.3 is 5.32 Å². The first kappa shape index (κ1) is 14.1. The van der Waals surface area contributed by atoms with Crippen LogP contribution in [0.25, 0.3) is 0 Å². The lowest BCUT2D eigenvalue weighted by Gasteiger charge is -2.22. The second kappa shape index (κ2) is 6.24. The standard InChI is InChI=1S/C17H20N2O/c1-4-19(15-8-6-5-7-9-15)17(20)18-16-12-13(2)10-11-14(16)3/h5-12H,4H2,1-3H3,(H,18,20). The lowest BCUT2D eigenvalue weighted by molar-refractivity contribution is 0.257. The SMILES string of the molecule is CCN(C(=O)Nc1cc(C)ccc1C)c1ccccc1. The molecule has 1 N–H and O–H groups in total. The molecule has 104 valence electrons. The van der Waals surface area contributed by atoms with E-state index in [0.717, 1.165) is 22.5 Å². The van der Waals surface area contributed by atoms with E-state index >= 15 is 0 Å². The first-order valence-corrected chi connectivity index (χ1v) is 6.82. The molecule has 0 aliphatic carbocycles. The number of hydrogen-bond donors (Lipinski definition) is 1. The Balaban J connectivity index is 2.20. The number of nitrogens with zero attached hydrogens (tertiary/aromatic N) is 1. The van der Waals surface area contributed by atoms with Crippen molar-refractivity contribution in [2.45, 2.75) is 20.8 Å². The Hall–Kier alpha value is -2.29. The Morgan fingerprint density at radius 3 is 2.45 bits per heavy atom. The van der Waals surface area contributed by atoms with Crippen LogP contribution >= 0.6 is 0 Å². The molecule has 0 radical (unpaired) electrons. The van der Waals surface area contributed by atoms with Crippen molar-refractivity contribution in [2.75, 3.05) is 16.8 Å². The van der Waals surface area contributed by atoms with E-state index in [4.69, 9.17) is 0 Å². The van der Waals surface area contributed by atoms with Crippen LogP contribution in [0, 0.1) is 13.8 Å². The summed E-state index contributed by atoms with van der Waals surface area (Å²) in [7, 11) is 0. The maximum Gasteiger partial charge on any atom is 0.326 e. The predicted molar refractivity (Wildman–Crippen MR) is 84.4 cm³/mol. The summed E-state index contributed by atoms with van der Waals surface area (Å²) < 4.78 is 0. The first-order valence-electron chi connectivity index (χ1n) is 6.82. The van der Waals surface area contributed by atoms with Gasteiger partial charge in [-0.25, -0.2) is 4.79 Å². The van der Waals surface area contributed by atoms with Crippen LogP contribution in [0.5, 0.6) is 0 Å². The summed E-state index contributed by atoms with van der Waals surface area (Å²) in [5, 5.41) is 2.99. The number of amides is 2. The van der Waals surface area contributed by atoms with Gasteiger partial charge in [-0.2, -0.15) is 0 Å². The highest BCUT2D eigenvalue weighted by atomic mass is 16.2.